The maximum Gasteiger partial charge on any atom is 0.490 e. The van der Waals surface area contributed by atoms with Crippen LogP contribution in [0.4, 0.5) is 5.69 Å². The van der Waals surface area contributed by atoms with Gasteiger partial charge in [0.05, 0.1) is 0 Å². The molecule has 0 aliphatic rings. The third kappa shape index (κ3) is 3.97. The lowest BCUT2D eigenvalue weighted by atomic mass is 9.80. The van der Waals surface area contributed by atoms with Crippen molar-refractivity contribution >= 4 is 53.3 Å². The molecule has 0 amide bonds. The molecule has 3 aromatic carbocycles. The molecule has 3 aromatic rings. The number of hydrogen-bond donors (Lipinski definition) is 4. The van der Waals surface area contributed by atoms with Crippen LogP contribution in [0.3, 0.4) is 0 Å². The van der Waals surface area contributed by atoms with E-state index in [1.165, 1.54) is 0 Å². The zero-order valence-corrected chi connectivity index (χ0v) is 14.2. The number of rotatable bonds is 5. The number of anilines is 1. The van der Waals surface area contributed by atoms with Crippen LogP contribution in [-0.4, -0.2) is 22.7 Å². The molecule has 0 saturated heterocycles. The van der Waals surface area contributed by atoms with E-state index in [4.69, 9.17) is 16.3 Å². The third-order valence-corrected chi connectivity index (χ3v) is 4.11. The molecule has 0 aromatic heterocycles. The standard InChI is InChI=1S/C17H15BClNO3S/c19-16-8-6-13(10-15(16)18(21)22)20-17(24)23-14-7-5-11-3-1-2-4-12(11)9-14/h1-10,17,20-22,24H. The van der Waals surface area contributed by atoms with Crippen LogP contribution in [0, 0.1) is 0 Å². The second-order valence-corrected chi connectivity index (χ2v) is 6.11. The summed E-state index contributed by atoms with van der Waals surface area (Å²) in [6, 6.07) is 18.6. The fraction of sp³-hybridized carbons (Fsp3) is 0.0588. The molecule has 3 N–H and O–H groups in total. The molecule has 1 unspecified atom stereocenters. The second-order valence-electron chi connectivity index (χ2n) is 5.23. The van der Waals surface area contributed by atoms with Gasteiger partial charge in [0.25, 0.3) is 0 Å². The Balaban J connectivity index is 1.72. The van der Waals surface area contributed by atoms with Crippen LogP contribution in [-0.2, 0) is 0 Å². The molecule has 0 heterocycles. The molecule has 0 aliphatic heterocycles. The molecule has 0 fully saturated rings. The van der Waals surface area contributed by atoms with Crippen molar-refractivity contribution in [2.75, 3.05) is 5.32 Å². The summed E-state index contributed by atoms with van der Waals surface area (Å²) < 4.78 is 5.75. The highest BCUT2D eigenvalue weighted by atomic mass is 35.5. The van der Waals surface area contributed by atoms with Crippen molar-refractivity contribution in [1.29, 1.82) is 0 Å². The van der Waals surface area contributed by atoms with Gasteiger partial charge >= 0.3 is 7.12 Å². The third-order valence-electron chi connectivity index (χ3n) is 3.53. The van der Waals surface area contributed by atoms with E-state index in [-0.39, 0.29) is 10.5 Å². The molecule has 3 rings (SSSR count). The molecule has 0 radical (unpaired) electrons. The van der Waals surface area contributed by atoms with Gasteiger partial charge in [-0.1, -0.05) is 41.9 Å². The van der Waals surface area contributed by atoms with E-state index < -0.39 is 12.7 Å². The minimum atomic E-state index is -1.64. The highest BCUT2D eigenvalue weighted by molar-refractivity contribution is 7.80. The van der Waals surface area contributed by atoms with E-state index in [0.29, 0.717) is 11.4 Å². The van der Waals surface area contributed by atoms with Crippen molar-refractivity contribution in [1.82, 2.24) is 0 Å². The Labute approximate surface area is 150 Å². The second kappa shape index (κ2) is 7.36. The normalized spacial score (nSPS) is 12.0. The Kier molecular flexibility index (Phi) is 5.21. The van der Waals surface area contributed by atoms with E-state index in [1.807, 2.05) is 42.5 Å². The van der Waals surface area contributed by atoms with Gasteiger partial charge in [-0.05, 0) is 41.1 Å². The first-order valence-corrected chi connectivity index (χ1v) is 8.18. The van der Waals surface area contributed by atoms with E-state index >= 15 is 0 Å². The highest BCUT2D eigenvalue weighted by Gasteiger charge is 2.16. The fourth-order valence-corrected chi connectivity index (χ4v) is 2.86. The van der Waals surface area contributed by atoms with Crippen molar-refractivity contribution in [2.45, 2.75) is 5.56 Å². The van der Waals surface area contributed by atoms with Gasteiger partial charge in [0.2, 0.25) is 5.56 Å². The Morgan fingerprint density at radius 2 is 1.75 bits per heavy atom. The average molecular weight is 360 g/mol. The summed E-state index contributed by atoms with van der Waals surface area (Å²) in [5.74, 6) is 0.678. The number of fused-ring (bicyclic) bond motifs is 1. The van der Waals surface area contributed by atoms with Crippen molar-refractivity contribution in [3.05, 3.63) is 65.7 Å². The van der Waals surface area contributed by atoms with Gasteiger partial charge in [-0.2, -0.15) is 0 Å². The summed E-state index contributed by atoms with van der Waals surface area (Å²) in [5, 5.41) is 24.1. The molecule has 24 heavy (non-hydrogen) atoms. The minimum Gasteiger partial charge on any atom is -0.462 e. The molecular weight excluding hydrogens is 345 g/mol. The number of ether oxygens (including phenoxy) is 1. The lowest BCUT2D eigenvalue weighted by Crippen LogP contribution is -2.31. The van der Waals surface area contributed by atoms with Gasteiger partial charge in [0.1, 0.15) is 5.75 Å². The van der Waals surface area contributed by atoms with Gasteiger partial charge < -0.3 is 20.1 Å². The Hall–Kier alpha value is -1.86. The van der Waals surface area contributed by atoms with Gasteiger partial charge in [-0.15, -0.1) is 12.6 Å². The average Bonchev–Trinajstić information content (AvgIpc) is 2.56. The molecule has 122 valence electrons. The van der Waals surface area contributed by atoms with Crippen molar-refractivity contribution in [3.63, 3.8) is 0 Å². The predicted octanol–water partition coefficient (Wildman–Crippen LogP) is 2.88. The van der Waals surface area contributed by atoms with Gasteiger partial charge in [-0.25, -0.2) is 0 Å². The van der Waals surface area contributed by atoms with Crippen LogP contribution in [0.25, 0.3) is 10.8 Å². The zero-order valence-electron chi connectivity index (χ0n) is 12.6. The topological polar surface area (TPSA) is 61.7 Å². The first-order valence-electron chi connectivity index (χ1n) is 7.28. The maximum absolute atomic E-state index is 9.29. The summed E-state index contributed by atoms with van der Waals surface area (Å²) in [7, 11) is -1.64. The van der Waals surface area contributed by atoms with Crippen LogP contribution in [0.1, 0.15) is 0 Å². The maximum atomic E-state index is 9.29. The van der Waals surface area contributed by atoms with Crippen LogP contribution in [0.15, 0.2) is 60.7 Å². The lowest BCUT2D eigenvalue weighted by Gasteiger charge is -2.18. The monoisotopic (exact) mass is 359 g/mol. The number of thiol groups is 1. The van der Waals surface area contributed by atoms with E-state index in [9.17, 15) is 10.0 Å². The molecule has 0 bridgehead atoms. The number of hydrogen-bond acceptors (Lipinski definition) is 5. The van der Waals surface area contributed by atoms with Crippen LogP contribution < -0.4 is 15.5 Å². The van der Waals surface area contributed by atoms with Crippen LogP contribution in [0.5, 0.6) is 5.75 Å². The molecule has 0 saturated carbocycles. The Morgan fingerprint density at radius 3 is 2.50 bits per heavy atom. The fourth-order valence-electron chi connectivity index (χ4n) is 2.37. The number of nitrogens with one attached hydrogen (secondary N) is 1. The summed E-state index contributed by atoms with van der Waals surface area (Å²) in [4.78, 5) is 0. The van der Waals surface area contributed by atoms with Crippen molar-refractivity contribution < 1.29 is 14.8 Å². The van der Waals surface area contributed by atoms with Crippen LogP contribution in [0.2, 0.25) is 5.02 Å². The predicted molar refractivity (Wildman–Crippen MR) is 102 cm³/mol. The largest absolute Gasteiger partial charge is 0.490 e. The first kappa shape index (κ1) is 17.0. The smallest absolute Gasteiger partial charge is 0.462 e. The minimum absolute atomic E-state index is 0.216. The van der Waals surface area contributed by atoms with Crippen molar-refractivity contribution in [2.24, 2.45) is 0 Å². The summed E-state index contributed by atoms with van der Waals surface area (Å²) in [6.07, 6.45) is 0. The summed E-state index contributed by atoms with van der Waals surface area (Å²) in [6.45, 7) is 0. The zero-order chi connectivity index (χ0) is 17.1. The molecule has 0 spiro atoms. The van der Waals surface area contributed by atoms with Crippen molar-refractivity contribution in [3.8, 4) is 5.75 Å². The molecular formula is C17H15BClNO3S. The van der Waals surface area contributed by atoms with Gasteiger partial charge in [0.15, 0.2) is 0 Å². The quantitative estimate of drug-likeness (QED) is 0.321. The molecule has 4 nitrogen and oxygen atoms in total. The lowest BCUT2D eigenvalue weighted by molar-refractivity contribution is 0.317. The van der Waals surface area contributed by atoms with E-state index in [0.717, 1.165) is 10.8 Å². The van der Waals surface area contributed by atoms with E-state index in [2.05, 4.69) is 17.9 Å². The number of halogens is 1. The first-order chi connectivity index (χ1) is 11.5. The molecule has 1 atom stereocenters. The van der Waals surface area contributed by atoms with Gasteiger partial charge in [-0.3, -0.25) is 0 Å². The summed E-state index contributed by atoms with van der Waals surface area (Å²) >= 11 is 10.3. The Bertz CT molecular complexity index is 862. The Morgan fingerprint density at radius 1 is 1.00 bits per heavy atom. The molecule has 7 heteroatoms. The van der Waals surface area contributed by atoms with Crippen LogP contribution >= 0.6 is 24.2 Å². The number of benzene rings is 3. The van der Waals surface area contributed by atoms with E-state index in [1.54, 1.807) is 18.2 Å². The summed E-state index contributed by atoms with van der Waals surface area (Å²) in [5.41, 5.74) is 0.215. The SMILES string of the molecule is OB(O)c1cc(NC(S)Oc2ccc3ccccc3c2)ccc1Cl. The van der Waals surface area contributed by atoms with Gasteiger partial charge in [0, 0.05) is 16.2 Å². The highest BCUT2D eigenvalue weighted by Crippen LogP contribution is 2.23. The molecule has 0 aliphatic carbocycles.